The van der Waals surface area contributed by atoms with Crippen molar-refractivity contribution in [1.82, 2.24) is 10.2 Å². The average molecular weight is 247 g/mol. The van der Waals surface area contributed by atoms with Gasteiger partial charge in [0.2, 0.25) is 0 Å². The van der Waals surface area contributed by atoms with E-state index in [9.17, 15) is 0 Å². The summed E-state index contributed by atoms with van der Waals surface area (Å²) in [5.74, 6) is 2.79. The number of hydrogen-bond donors (Lipinski definition) is 1. The lowest BCUT2D eigenvalue weighted by atomic mass is 9.76. The van der Waals surface area contributed by atoms with Gasteiger partial charge in [0, 0.05) is 12.5 Å². The van der Waals surface area contributed by atoms with Gasteiger partial charge in [-0.25, -0.2) is 0 Å². The molecule has 2 unspecified atom stereocenters. The molecule has 0 saturated carbocycles. The molecule has 1 aliphatic carbocycles. The fourth-order valence-corrected chi connectivity index (χ4v) is 2.81. The van der Waals surface area contributed by atoms with Crippen LogP contribution in [0.2, 0.25) is 0 Å². The van der Waals surface area contributed by atoms with Crippen LogP contribution in [0.1, 0.15) is 70.1 Å². The fourth-order valence-electron chi connectivity index (χ4n) is 2.81. The minimum atomic E-state index is 0.587. The molecule has 100 valence electrons. The number of rotatable bonds is 4. The Morgan fingerprint density at radius 2 is 2.11 bits per heavy atom. The molecule has 0 aliphatic heterocycles. The Morgan fingerprint density at radius 3 is 2.78 bits per heavy atom. The van der Waals surface area contributed by atoms with E-state index in [1.807, 2.05) is 0 Å². The van der Waals surface area contributed by atoms with Gasteiger partial charge in [-0.2, -0.15) is 5.10 Å². The molecule has 0 aromatic carbocycles. The van der Waals surface area contributed by atoms with Gasteiger partial charge in [0.15, 0.2) is 0 Å². The molecule has 1 N–H and O–H groups in total. The van der Waals surface area contributed by atoms with E-state index >= 15 is 0 Å². The van der Waals surface area contributed by atoms with E-state index in [1.54, 1.807) is 0 Å². The van der Waals surface area contributed by atoms with Crippen LogP contribution in [0.3, 0.4) is 0 Å². The predicted molar refractivity (Wildman–Crippen MR) is 76.0 cm³/mol. The first kappa shape index (κ1) is 13.3. The highest BCUT2D eigenvalue weighted by Crippen LogP contribution is 2.41. The second-order valence-corrected chi connectivity index (χ2v) is 5.83. The van der Waals surface area contributed by atoms with Crippen LogP contribution in [-0.4, -0.2) is 16.7 Å². The first-order valence-electron chi connectivity index (χ1n) is 7.24. The lowest BCUT2D eigenvalue weighted by Gasteiger charge is -2.30. The first-order chi connectivity index (χ1) is 8.63. The Bertz CT molecular complexity index is 401. The predicted octanol–water partition coefficient (Wildman–Crippen LogP) is 3.94. The van der Waals surface area contributed by atoms with E-state index < -0.39 is 0 Å². The van der Waals surface area contributed by atoms with Gasteiger partial charge in [0.05, 0.1) is 5.69 Å². The van der Waals surface area contributed by atoms with E-state index in [4.69, 9.17) is 0 Å². The molecule has 1 aromatic rings. The Kier molecular flexibility index (Phi) is 4.20. The molecule has 0 fully saturated rings. The van der Waals surface area contributed by atoms with Gasteiger partial charge in [-0.1, -0.05) is 27.7 Å². The van der Waals surface area contributed by atoms with Crippen molar-refractivity contribution in [2.24, 2.45) is 5.92 Å². The van der Waals surface area contributed by atoms with Crippen molar-refractivity contribution in [2.45, 2.75) is 58.8 Å². The summed E-state index contributed by atoms with van der Waals surface area (Å²) in [7, 11) is 0. The third-order valence-corrected chi connectivity index (χ3v) is 4.01. The maximum Gasteiger partial charge on any atom is 0.148 e. The lowest BCUT2D eigenvalue weighted by Crippen LogP contribution is -2.20. The number of nitrogens with zero attached hydrogens (tertiary/aromatic N) is 2. The summed E-state index contributed by atoms with van der Waals surface area (Å²) in [5, 5.41) is 12.2. The Morgan fingerprint density at radius 1 is 1.33 bits per heavy atom. The molecule has 18 heavy (non-hydrogen) atoms. The fraction of sp³-hybridized carbons (Fsp3) is 0.733. The number of fused-ring (bicyclic) bond motifs is 1. The van der Waals surface area contributed by atoms with Crippen LogP contribution in [-0.2, 0) is 0 Å². The van der Waals surface area contributed by atoms with Crippen molar-refractivity contribution in [3.05, 3.63) is 17.3 Å². The number of nitrogens with one attached hydrogen (secondary N) is 1. The Balaban J connectivity index is 2.28. The number of aromatic nitrogens is 2. The van der Waals surface area contributed by atoms with Crippen molar-refractivity contribution in [3.63, 3.8) is 0 Å². The molecule has 2 rings (SSSR count). The van der Waals surface area contributed by atoms with Gasteiger partial charge < -0.3 is 5.32 Å². The molecule has 3 heteroatoms. The smallest absolute Gasteiger partial charge is 0.148 e. The number of hydrogen-bond acceptors (Lipinski definition) is 3. The molecule has 3 nitrogen and oxygen atoms in total. The summed E-state index contributed by atoms with van der Waals surface area (Å²) in [6.45, 7) is 10.0. The minimum absolute atomic E-state index is 0.587. The Hall–Kier alpha value is -1.12. The molecule has 0 spiro atoms. The summed E-state index contributed by atoms with van der Waals surface area (Å²) < 4.78 is 0. The summed E-state index contributed by atoms with van der Waals surface area (Å²) in [4.78, 5) is 0. The highest BCUT2D eigenvalue weighted by Gasteiger charge is 2.28. The summed E-state index contributed by atoms with van der Waals surface area (Å²) in [6, 6.07) is 2.22. The van der Waals surface area contributed by atoms with Crippen LogP contribution in [0.5, 0.6) is 0 Å². The largest absolute Gasteiger partial charge is 0.369 e. The van der Waals surface area contributed by atoms with Gasteiger partial charge >= 0.3 is 0 Å². The van der Waals surface area contributed by atoms with Crippen molar-refractivity contribution in [3.8, 4) is 0 Å². The van der Waals surface area contributed by atoms with Crippen LogP contribution in [0.4, 0.5) is 5.82 Å². The van der Waals surface area contributed by atoms with Gasteiger partial charge in [0.1, 0.15) is 5.82 Å². The van der Waals surface area contributed by atoms with Crippen molar-refractivity contribution >= 4 is 5.82 Å². The standard InChI is InChI=1S/C15H25N3/c1-5-8-16-14-9-13-11(4)6-7-12(10(2)3)15(13)18-17-14/h9-12H,5-8H2,1-4H3,(H,16,17). The zero-order valence-corrected chi connectivity index (χ0v) is 12.0. The quantitative estimate of drug-likeness (QED) is 0.876. The molecule has 1 aliphatic rings. The molecule has 0 bridgehead atoms. The van der Waals surface area contributed by atoms with E-state index in [1.165, 1.54) is 24.1 Å². The highest BCUT2D eigenvalue weighted by molar-refractivity contribution is 5.41. The molecular weight excluding hydrogens is 222 g/mol. The van der Waals surface area contributed by atoms with Crippen molar-refractivity contribution in [1.29, 1.82) is 0 Å². The molecule has 1 heterocycles. The minimum Gasteiger partial charge on any atom is -0.369 e. The monoisotopic (exact) mass is 247 g/mol. The normalized spacial score (nSPS) is 22.9. The zero-order valence-electron chi connectivity index (χ0n) is 12.0. The summed E-state index contributed by atoms with van der Waals surface area (Å²) in [6.07, 6.45) is 3.64. The summed E-state index contributed by atoms with van der Waals surface area (Å²) in [5.41, 5.74) is 2.65. The number of anilines is 1. The van der Waals surface area contributed by atoms with Crippen LogP contribution in [0, 0.1) is 5.92 Å². The molecular formula is C15H25N3. The third-order valence-electron chi connectivity index (χ3n) is 4.01. The van der Waals surface area contributed by atoms with Gasteiger partial charge in [0.25, 0.3) is 0 Å². The van der Waals surface area contributed by atoms with Crippen LogP contribution >= 0.6 is 0 Å². The molecule has 0 saturated heterocycles. The molecule has 1 aromatic heterocycles. The van der Waals surface area contributed by atoms with Gasteiger partial charge in [-0.3, -0.25) is 0 Å². The Labute approximate surface area is 110 Å². The molecule has 0 amide bonds. The van der Waals surface area contributed by atoms with Crippen molar-refractivity contribution in [2.75, 3.05) is 11.9 Å². The maximum atomic E-state index is 4.51. The first-order valence-corrected chi connectivity index (χ1v) is 7.24. The van der Waals surface area contributed by atoms with E-state index in [-0.39, 0.29) is 0 Å². The van der Waals surface area contributed by atoms with Crippen molar-refractivity contribution < 1.29 is 0 Å². The van der Waals surface area contributed by atoms with Crippen LogP contribution < -0.4 is 5.32 Å². The summed E-state index contributed by atoms with van der Waals surface area (Å²) >= 11 is 0. The molecule has 0 radical (unpaired) electrons. The second kappa shape index (κ2) is 5.68. The van der Waals surface area contributed by atoms with Gasteiger partial charge in [-0.05, 0) is 42.7 Å². The van der Waals surface area contributed by atoms with Gasteiger partial charge in [-0.15, -0.1) is 5.10 Å². The topological polar surface area (TPSA) is 37.8 Å². The molecule has 2 atom stereocenters. The average Bonchev–Trinajstić information content (AvgIpc) is 2.36. The van der Waals surface area contributed by atoms with E-state index in [2.05, 4.69) is 49.3 Å². The van der Waals surface area contributed by atoms with E-state index in [0.29, 0.717) is 17.8 Å². The third kappa shape index (κ3) is 2.65. The SMILES string of the molecule is CCCNc1cc2c(nn1)C(C(C)C)CCC2C. The lowest BCUT2D eigenvalue weighted by molar-refractivity contribution is 0.397. The van der Waals surface area contributed by atoms with Crippen LogP contribution in [0.25, 0.3) is 0 Å². The maximum absolute atomic E-state index is 4.51. The zero-order chi connectivity index (χ0) is 13.1. The second-order valence-electron chi connectivity index (χ2n) is 5.83. The van der Waals surface area contributed by atoms with E-state index in [0.717, 1.165) is 18.8 Å². The van der Waals surface area contributed by atoms with Crippen LogP contribution in [0.15, 0.2) is 6.07 Å². The highest BCUT2D eigenvalue weighted by atomic mass is 15.2.